The van der Waals surface area contributed by atoms with Crippen molar-refractivity contribution in [3.05, 3.63) is 58.4 Å². The molecule has 0 radical (unpaired) electrons. The van der Waals surface area contributed by atoms with E-state index < -0.39 is 0 Å². The molecule has 0 saturated heterocycles. The predicted molar refractivity (Wildman–Crippen MR) is 70.6 cm³/mol. The first kappa shape index (κ1) is 12.9. The predicted octanol–water partition coefficient (Wildman–Crippen LogP) is 4.04. The van der Waals surface area contributed by atoms with Crippen molar-refractivity contribution in [2.45, 2.75) is 13.5 Å². The third-order valence-electron chi connectivity index (χ3n) is 2.62. The van der Waals surface area contributed by atoms with Gasteiger partial charge in [0, 0.05) is 17.6 Å². The van der Waals surface area contributed by atoms with E-state index in [2.05, 4.69) is 0 Å². The average molecular weight is 266 g/mol. The van der Waals surface area contributed by atoms with E-state index in [-0.39, 0.29) is 5.82 Å². The lowest BCUT2D eigenvalue weighted by Gasteiger charge is -2.10. The summed E-state index contributed by atoms with van der Waals surface area (Å²) in [6, 6.07) is 9.64. The number of benzene rings is 2. The Morgan fingerprint density at radius 2 is 2.00 bits per heavy atom. The maximum atomic E-state index is 13.1. The highest BCUT2D eigenvalue weighted by Crippen LogP contribution is 2.29. The minimum atomic E-state index is -0.333. The van der Waals surface area contributed by atoms with Gasteiger partial charge in [-0.15, -0.1) is 0 Å². The van der Waals surface area contributed by atoms with Crippen LogP contribution in [0.3, 0.4) is 0 Å². The molecule has 2 aromatic carbocycles. The van der Waals surface area contributed by atoms with E-state index in [9.17, 15) is 4.39 Å². The lowest BCUT2D eigenvalue weighted by atomic mass is 10.2. The van der Waals surface area contributed by atoms with Gasteiger partial charge in [0.05, 0.1) is 0 Å². The maximum absolute atomic E-state index is 13.1. The number of ether oxygens (including phenoxy) is 1. The summed E-state index contributed by atoms with van der Waals surface area (Å²) in [4.78, 5) is 0. The van der Waals surface area contributed by atoms with Gasteiger partial charge in [-0.25, -0.2) is 4.39 Å². The number of nitrogens with two attached hydrogens (primary N) is 1. The van der Waals surface area contributed by atoms with Crippen molar-refractivity contribution < 1.29 is 9.13 Å². The van der Waals surface area contributed by atoms with Crippen LogP contribution in [-0.4, -0.2) is 0 Å². The van der Waals surface area contributed by atoms with E-state index in [0.717, 1.165) is 11.1 Å². The van der Waals surface area contributed by atoms with Crippen LogP contribution in [0, 0.1) is 12.7 Å². The fraction of sp³-hybridized carbons (Fsp3) is 0.143. The van der Waals surface area contributed by atoms with Crippen molar-refractivity contribution in [2.75, 3.05) is 0 Å². The van der Waals surface area contributed by atoms with Crippen molar-refractivity contribution in [2.24, 2.45) is 5.73 Å². The van der Waals surface area contributed by atoms with Gasteiger partial charge in [0.25, 0.3) is 0 Å². The van der Waals surface area contributed by atoms with Gasteiger partial charge in [-0.3, -0.25) is 0 Å². The second-order valence-electron chi connectivity index (χ2n) is 3.97. The monoisotopic (exact) mass is 265 g/mol. The molecule has 0 aliphatic carbocycles. The summed E-state index contributed by atoms with van der Waals surface area (Å²) >= 11 is 6.03. The molecule has 2 rings (SSSR count). The average Bonchev–Trinajstić information content (AvgIpc) is 2.34. The Morgan fingerprint density at radius 3 is 2.67 bits per heavy atom. The minimum absolute atomic E-state index is 0.333. The van der Waals surface area contributed by atoms with Crippen molar-refractivity contribution in [1.29, 1.82) is 0 Å². The molecule has 18 heavy (non-hydrogen) atoms. The maximum Gasteiger partial charge on any atom is 0.133 e. The smallest absolute Gasteiger partial charge is 0.133 e. The van der Waals surface area contributed by atoms with Crippen LogP contribution in [0.15, 0.2) is 36.4 Å². The number of hydrogen-bond donors (Lipinski definition) is 1. The van der Waals surface area contributed by atoms with E-state index in [1.807, 2.05) is 6.92 Å². The van der Waals surface area contributed by atoms with Gasteiger partial charge in [0.1, 0.15) is 17.3 Å². The largest absolute Gasteiger partial charge is 0.457 e. The number of halogens is 2. The molecule has 0 bridgehead atoms. The van der Waals surface area contributed by atoms with Crippen LogP contribution in [0.5, 0.6) is 11.5 Å². The molecule has 0 aromatic heterocycles. The number of hydrogen-bond acceptors (Lipinski definition) is 2. The molecule has 0 amide bonds. The van der Waals surface area contributed by atoms with Gasteiger partial charge in [-0.2, -0.15) is 0 Å². The lowest BCUT2D eigenvalue weighted by Crippen LogP contribution is -1.97. The summed E-state index contributed by atoms with van der Waals surface area (Å²) < 4.78 is 18.7. The Bertz CT molecular complexity index is 572. The Hall–Kier alpha value is -1.58. The molecule has 0 aliphatic rings. The van der Waals surface area contributed by atoms with Crippen LogP contribution >= 0.6 is 11.6 Å². The van der Waals surface area contributed by atoms with Gasteiger partial charge in [-0.1, -0.05) is 23.7 Å². The van der Waals surface area contributed by atoms with Crippen LogP contribution < -0.4 is 10.5 Å². The lowest BCUT2D eigenvalue weighted by molar-refractivity contribution is 0.473. The molecule has 0 saturated carbocycles. The topological polar surface area (TPSA) is 35.2 Å². The molecule has 0 heterocycles. The molecule has 2 N–H and O–H groups in total. The van der Waals surface area contributed by atoms with Crippen LogP contribution in [-0.2, 0) is 6.54 Å². The van der Waals surface area contributed by atoms with Crippen LogP contribution in [0.25, 0.3) is 0 Å². The molecular formula is C14H13ClFNO. The standard InChI is InChI=1S/C14H13ClFNO/c1-9-2-4-11(16)6-14(9)18-12-5-3-10(8-17)13(15)7-12/h2-7H,8,17H2,1H3. The zero-order valence-corrected chi connectivity index (χ0v) is 10.7. The van der Waals surface area contributed by atoms with Crippen molar-refractivity contribution in [3.8, 4) is 11.5 Å². The fourth-order valence-corrected chi connectivity index (χ4v) is 1.82. The molecule has 0 atom stereocenters. The summed E-state index contributed by atoms with van der Waals surface area (Å²) in [5.74, 6) is 0.706. The zero-order chi connectivity index (χ0) is 13.1. The molecule has 0 spiro atoms. The Labute approximate surface area is 110 Å². The highest BCUT2D eigenvalue weighted by molar-refractivity contribution is 6.31. The molecule has 0 aliphatic heterocycles. The molecule has 94 valence electrons. The first-order valence-corrected chi connectivity index (χ1v) is 5.90. The molecular weight excluding hydrogens is 253 g/mol. The summed E-state index contributed by atoms with van der Waals surface area (Å²) in [6.07, 6.45) is 0. The van der Waals surface area contributed by atoms with Gasteiger partial charge < -0.3 is 10.5 Å². The fourth-order valence-electron chi connectivity index (χ4n) is 1.57. The van der Waals surface area contributed by atoms with E-state index in [1.165, 1.54) is 12.1 Å². The molecule has 2 aromatic rings. The zero-order valence-electron chi connectivity index (χ0n) is 9.91. The Balaban J connectivity index is 2.28. The summed E-state index contributed by atoms with van der Waals surface area (Å²) in [6.45, 7) is 2.22. The Kier molecular flexibility index (Phi) is 3.84. The van der Waals surface area contributed by atoms with Gasteiger partial charge in [0.15, 0.2) is 0 Å². The molecule has 0 unspecified atom stereocenters. The molecule has 2 nitrogen and oxygen atoms in total. The molecule has 4 heteroatoms. The number of aryl methyl sites for hydroxylation is 1. The van der Waals surface area contributed by atoms with Crippen molar-refractivity contribution in [3.63, 3.8) is 0 Å². The van der Waals surface area contributed by atoms with Gasteiger partial charge in [0.2, 0.25) is 0 Å². The van der Waals surface area contributed by atoms with E-state index in [4.69, 9.17) is 22.1 Å². The first-order chi connectivity index (χ1) is 8.60. The van der Waals surface area contributed by atoms with Crippen molar-refractivity contribution in [1.82, 2.24) is 0 Å². The second kappa shape index (κ2) is 5.38. The van der Waals surface area contributed by atoms with E-state index >= 15 is 0 Å². The second-order valence-corrected chi connectivity index (χ2v) is 4.38. The highest BCUT2D eigenvalue weighted by Gasteiger charge is 2.05. The summed E-state index contributed by atoms with van der Waals surface area (Å²) in [7, 11) is 0. The minimum Gasteiger partial charge on any atom is -0.457 e. The Morgan fingerprint density at radius 1 is 1.22 bits per heavy atom. The summed E-state index contributed by atoms with van der Waals surface area (Å²) in [5, 5.41) is 0.545. The van der Waals surface area contributed by atoms with Crippen molar-refractivity contribution >= 4 is 11.6 Å². The first-order valence-electron chi connectivity index (χ1n) is 5.52. The molecule has 0 fully saturated rings. The van der Waals surface area contributed by atoms with Gasteiger partial charge in [-0.05, 0) is 36.2 Å². The summed E-state index contributed by atoms with van der Waals surface area (Å²) in [5.41, 5.74) is 7.23. The third kappa shape index (κ3) is 2.81. The number of rotatable bonds is 3. The van der Waals surface area contributed by atoms with Crippen LogP contribution in [0.2, 0.25) is 5.02 Å². The quantitative estimate of drug-likeness (QED) is 0.909. The normalized spacial score (nSPS) is 10.4. The van der Waals surface area contributed by atoms with Crippen LogP contribution in [0.4, 0.5) is 4.39 Å². The van der Waals surface area contributed by atoms with E-state index in [1.54, 1.807) is 24.3 Å². The van der Waals surface area contributed by atoms with E-state index in [0.29, 0.717) is 23.1 Å². The SMILES string of the molecule is Cc1ccc(F)cc1Oc1ccc(CN)c(Cl)c1. The third-order valence-corrected chi connectivity index (χ3v) is 2.97. The highest BCUT2D eigenvalue weighted by atomic mass is 35.5. The van der Waals surface area contributed by atoms with Gasteiger partial charge >= 0.3 is 0 Å². The van der Waals surface area contributed by atoms with Crippen LogP contribution in [0.1, 0.15) is 11.1 Å².